The fraction of sp³-hybridized carbons (Fsp3) is 0.404. The number of aromatic nitrogens is 2. The summed E-state index contributed by atoms with van der Waals surface area (Å²) in [7, 11) is 0. The number of hydrogen-bond donors (Lipinski definition) is 2. The van der Waals surface area contributed by atoms with Gasteiger partial charge in [0.15, 0.2) is 0 Å². The Kier molecular flexibility index (Phi) is 19.8. The molecule has 0 radical (unpaired) electrons. The van der Waals surface area contributed by atoms with Gasteiger partial charge in [-0.15, -0.1) is 0 Å². The Morgan fingerprint density at radius 2 is 1.31 bits per heavy atom. The third-order valence-electron chi connectivity index (χ3n) is 11.5. The molecular weight excluding hydrogens is 871 g/mol. The number of amides is 1. The largest absolute Gasteiger partial charge is 0.493 e. The molecule has 1 atom stereocenters. The second kappa shape index (κ2) is 26.6. The van der Waals surface area contributed by atoms with Gasteiger partial charge in [-0.3, -0.25) is 19.7 Å². The highest BCUT2D eigenvalue weighted by Gasteiger charge is 2.30. The molecule has 6 rings (SSSR count). The minimum atomic E-state index is -0.714. The summed E-state index contributed by atoms with van der Waals surface area (Å²) in [5.74, 6) is 0.862. The Morgan fingerprint density at radius 3 is 1.93 bits per heavy atom. The summed E-state index contributed by atoms with van der Waals surface area (Å²) in [4.78, 5) is 57.5. The van der Waals surface area contributed by atoms with E-state index in [0.29, 0.717) is 120 Å². The minimum Gasteiger partial charge on any atom is -0.493 e. The zero-order valence-corrected chi connectivity index (χ0v) is 38.8. The number of carbonyl (C=O) groups excluding carboxylic acids is 3. The van der Waals surface area contributed by atoms with Gasteiger partial charge < -0.3 is 39.5 Å². The van der Waals surface area contributed by atoms with Crippen molar-refractivity contribution in [1.29, 1.82) is 0 Å². The summed E-state index contributed by atoms with van der Waals surface area (Å²) in [5, 5.41) is 14.9. The number of carbonyl (C=O) groups is 3. The second-order valence-corrected chi connectivity index (χ2v) is 16.6. The number of aryl methyl sites for hydroxylation is 2. The molecule has 0 spiro atoms. The molecule has 0 saturated heterocycles. The molecule has 0 bridgehead atoms. The molecule has 1 amide bonds. The number of nitrogens with one attached hydrogen (secondary N) is 1. The summed E-state index contributed by atoms with van der Waals surface area (Å²) < 4.78 is 33.9. The van der Waals surface area contributed by atoms with Crippen LogP contribution in [0.3, 0.4) is 0 Å². The van der Waals surface area contributed by atoms with Gasteiger partial charge in [-0.1, -0.05) is 72.8 Å². The average Bonchev–Trinajstić information content (AvgIpc) is 3.66. The normalized spacial score (nSPS) is 12.2. The Morgan fingerprint density at radius 1 is 0.735 bits per heavy atom. The number of nitrogens with zero attached hydrogens (tertiary/aromatic N) is 3. The van der Waals surface area contributed by atoms with Crippen LogP contribution in [-0.2, 0) is 41.6 Å². The van der Waals surface area contributed by atoms with Gasteiger partial charge in [0, 0.05) is 51.0 Å². The van der Waals surface area contributed by atoms with Crippen molar-refractivity contribution in [2.75, 3.05) is 58.6 Å². The number of nitrogen functional groups attached to an aromatic ring is 1. The highest BCUT2D eigenvalue weighted by molar-refractivity contribution is 5.80. The molecule has 1 aliphatic rings. The molecule has 1 aromatic heterocycles. The van der Waals surface area contributed by atoms with Crippen molar-refractivity contribution in [3.05, 3.63) is 141 Å². The molecule has 4 aromatic carbocycles. The van der Waals surface area contributed by atoms with E-state index in [1.54, 1.807) is 32.2 Å². The third kappa shape index (κ3) is 15.7. The first-order valence-corrected chi connectivity index (χ1v) is 23.1. The van der Waals surface area contributed by atoms with Crippen LogP contribution in [0.2, 0.25) is 0 Å². The number of fused-ring (bicyclic) bond motifs is 3. The number of rotatable bonds is 30. The maximum Gasteiger partial charge on any atom is 0.407 e. The molecule has 5 aromatic rings. The van der Waals surface area contributed by atoms with Crippen LogP contribution in [0.5, 0.6) is 11.8 Å². The standard InChI is InChI=1S/C52H61N5O11/c1-36-32-46(37(2)55-52(60)68-35-47-44-15-5-3-13-42(44)43-14-4-6-16-45(43)47)48(57(61)62)33-49(36)66-27-9-12-40(58)10-7-25-63-28-30-65-31-29-64-26-8-11-41(59)22-21-38-17-19-39(20-18-38)34-67-51-54-24-23-50(53)56-51/h3-6,13-20,23-24,32-33,37,47H,7-12,21-22,25-31,34-35H2,1-2H3,(H,55,60)(H2,53,54,56). The minimum absolute atomic E-state index is 0.0815. The van der Waals surface area contributed by atoms with Crippen LogP contribution in [0.4, 0.5) is 16.3 Å². The molecule has 16 heteroatoms. The predicted octanol–water partition coefficient (Wildman–Crippen LogP) is 8.99. The Bertz CT molecular complexity index is 2400. The van der Waals surface area contributed by atoms with Crippen molar-refractivity contribution in [2.24, 2.45) is 0 Å². The van der Waals surface area contributed by atoms with Crippen molar-refractivity contribution in [3.63, 3.8) is 0 Å². The van der Waals surface area contributed by atoms with E-state index >= 15 is 0 Å². The Labute approximate surface area is 397 Å². The first-order chi connectivity index (χ1) is 33.0. The highest BCUT2D eigenvalue weighted by atomic mass is 16.6. The van der Waals surface area contributed by atoms with Crippen molar-refractivity contribution in [3.8, 4) is 22.9 Å². The van der Waals surface area contributed by atoms with E-state index in [2.05, 4.69) is 27.4 Å². The summed E-state index contributed by atoms with van der Waals surface area (Å²) >= 11 is 0. The Hall–Kier alpha value is -6.75. The van der Waals surface area contributed by atoms with Gasteiger partial charge in [-0.05, 0) is 90.6 Å². The molecule has 0 aliphatic heterocycles. The van der Waals surface area contributed by atoms with Gasteiger partial charge in [0.05, 0.1) is 55.6 Å². The van der Waals surface area contributed by atoms with Crippen LogP contribution in [0.1, 0.15) is 97.2 Å². The van der Waals surface area contributed by atoms with Crippen LogP contribution in [0, 0.1) is 17.0 Å². The summed E-state index contributed by atoms with van der Waals surface area (Å²) in [6, 6.07) is 28.1. The number of ether oxygens (including phenoxy) is 6. The lowest BCUT2D eigenvalue weighted by molar-refractivity contribution is -0.385. The lowest BCUT2D eigenvalue weighted by Crippen LogP contribution is -2.29. The molecular formula is C52H61N5O11. The molecule has 16 nitrogen and oxygen atoms in total. The van der Waals surface area contributed by atoms with E-state index < -0.39 is 17.1 Å². The first-order valence-electron chi connectivity index (χ1n) is 23.1. The maximum absolute atomic E-state index is 13.0. The average molecular weight is 932 g/mol. The number of anilines is 1. The molecule has 1 unspecified atom stereocenters. The molecule has 0 fully saturated rings. The lowest BCUT2D eigenvalue weighted by atomic mass is 9.98. The van der Waals surface area contributed by atoms with Gasteiger partial charge in [0.2, 0.25) is 0 Å². The fourth-order valence-electron chi connectivity index (χ4n) is 7.90. The number of nitro groups is 1. The first kappa shape index (κ1) is 50.7. The van der Waals surface area contributed by atoms with Crippen molar-refractivity contribution in [2.45, 2.75) is 83.8 Å². The van der Waals surface area contributed by atoms with Gasteiger partial charge in [0.1, 0.15) is 36.3 Å². The summed E-state index contributed by atoms with van der Waals surface area (Å²) in [5.41, 5.74) is 12.9. The molecule has 0 saturated carbocycles. The summed E-state index contributed by atoms with van der Waals surface area (Å²) in [6.07, 6.45) is 4.87. The number of hydrogen-bond acceptors (Lipinski definition) is 14. The molecule has 360 valence electrons. The number of nitro benzene ring substituents is 1. The van der Waals surface area contributed by atoms with E-state index in [1.807, 2.05) is 60.7 Å². The van der Waals surface area contributed by atoms with Gasteiger partial charge >= 0.3 is 12.1 Å². The number of alkyl carbamates (subject to hydrolysis) is 1. The molecule has 1 heterocycles. The molecule has 68 heavy (non-hydrogen) atoms. The van der Waals surface area contributed by atoms with Crippen LogP contribution >= 0.6 is 0 Å². The highest BCUT2D eigenvalue weighted by Crippen LogP contribution is 2.44. The lowest BCUT2D eigenvalue weighted by Gasteiger charge is -2.18. The zero-order valence-electron chi connectivity index (χ0n) is 38.8. The quantitative estimate of drug-likeness (QED) is 0.0250. The number of nitrogens with two attached hydrogens (primary N) is 1. The van der Waals surface area contributed by atoms with Crippen LogP contribution in [-0.4, -0.2) is 85.4 Å². The van der Waals surface area contributed by atoms with E-state index in [1.165, 1.54) is 6.07 Å². The number of Topliss-reactive ketones (excluding diaryl/α,β-unsaturated/α-hetero) is 2. The van der Waals surface area contributed by atoms with Crippen LogP contribution in [0.15, 0.2) is 97.2 Å². The van der Waals surface area contributed by atoms with Gasteiger partial charge in [0.25, 0.3) is 5.69 Å². The second-order valence-electron chi connectivity index (χ2n) is 16.6. The van der Waals surface area contributed by atoms with E-state index in [9.17, 15) is 24.5 Å². The monoisotopic (exact) mass is 931 g/mol. The third-order valence-corrected chi connectivity index (χ3v) is 11.5. The van der Waals surface area contributed by atoms with Gasteiger partial charge in [-0.2, -0.15) is 4.98 Å². The smallest absolute Gasteiger partial charge is 0.407 e. The van der Waals surface area contributed by atoms with E-state index in [-0.39, 0.29) is 42.4 Å². The fourth-order valence-corrected chi connectivity index (χ4v) is 7.90. The predicted molar refractivity (Wildman–Crippen MR) is 256 cm³/mol. The number of ketones is 2. The van der Waals surface area contributed by atoms with Crippen molar-refractivity contribution in [1.82, 2.24) is 15.3 Å². The topological polar surface area (TPSA) is 214 Å². The molecule has 3 N–H and O–H groups in total. The van der Waals surface area contributed by atoms with Crippen LogP contribution in [0.25, 0.3) is 11.1 Å². The van der Waals surface area contributed by atoms with Gasteiger partial charge in [-0.25, -0.2) is 9.78 Å². The van der Waals surface area contributed by atoms with Crippen LogP contribution < -0.4 is 20.5 Å². The SMILES string of the molecule is Cc1cc(C(C)NC(=O)OCC2c3ccccc3-c3ccccc32)c([N+](=O)[O-])cc1OCCCC(=O)CCCOCCOCCOCCCC(=O)CCc1ccc(COc2nccc(N)n2)cc1. The number of benzene rings is 4. The zero-order chi connectivity index (χ0) is 48.1. The van der Waals surface area contributed by atoms with Crippen molar-refractivity contribution < 1.29 is 47.7 Å². The maximum atomic E-state index is 13.0. The van der Waals surface area contributed by atoms with Crippen molar-refractivity contribution >= 4 is 29.2 Å². The summed E-state index contributed by atoms with van der Waals surface area (Å²) in [6.45, 7) is 6.69. The Balaban J connectivity index is 0.751. The molecule has 1 aliphatic carbocycles. The van der Waals surface area contributed by atoms with E-state index in [4.69, 9.17) is 34.2 Å². The van der Waals surface area contributed by atoms with E-state index in [0.717, 1.165) is 33.4 Å².